The lowest BCUT2D eigenvalue weighted by atomic mass is 10.2. The van der Waals surface area contributed by atoms with Crippen LogP contribution < -0.4 is 10.6 Å². The van der Waals surface area contributed by atoms with Gasteiger partial charge in [-0.05, 0) is 32.4 Å². The number of benzene rings is 1. The first-order valence-electron chi connectivity index (χ1n) is 9.77. The van der Waals surface area contributed by atoms with E-state index in [1.807, 2.05) is 44.2 Å². The molecule has 1 aromatic carbocycles. The normalized spacial score (nSPS) is 18.2. The van der Waals surface area contributed by atoms with Crippen LogP contribution in [0.25, 0.3) is 11.0 Å². The van der Waals surface area contributed by atoms with Crippen molar-refractivity contribution in [3.63, 3.8) is 0 Å². The Kier molecular flexibility index (Phi) is 5.19. The number of sulfone groups is 1. The average molecular weight is 430 g/mol. The van der Waals surface area contributed by atoms with E-state index in [0.29, 0.717) is 17.5 Å². The van der Waals surface area contributed by atoms with Gasteiger partial charge in [-0.25, -0.2) is 13.2 Å². The standard InChI is InChI=1S/C20H23N5O4S/c1-14(2)24(15-6-4-3-5-7-15)19(26)12-23-17-11-22-25(18(17)10-21-20(23)27)16-8-9-30(28,29)13-16/h3-7,10-11,14,16H,8-9,12-13H2,1-2H3. The molecule has 10 heteroatoms. The first kappa shape index (κ1) is 20.3. The van der Waals surface area contributed by atoms with Crippen molar-refractivity contribution in [1.29, 1.82) is 0 Å². The summed E-state index contributed by atoms with van der Waals surface area (Å²) in [7, 11) is -3.09. The predicted octanol–water partition coefficient (Wildman–Crippen LogP) is 1.39. The summed E-state index contributed by atoms with van der Waals surface area (Å²) < 4.78 is 26.6. The summed E-state index contributed by atoms with van der Waals surface area (Å²) >= 11 is 0. The maximum Gasteiger partial charge on any atom is 0.348 e. The largest absolute Gasteiger partial charge is 0.348 e. The Hall–Kier alpha value is -3.01. The van der Waals surface area contributed by atoms with Crippen LogP contribution in [0.1, 0.15) is 26.3 Å². The molecular formula is C20H23N5O4S. The molecule has 1 unspecified atom stereocenters. The molecule has 3 heterocycles. The molecule has 1 atom stereocenters. The molecule has 9 nitrogen and oxygen atoms in total. The lowest BCUT2D eigenvalue weighted by Gasteiger charge is -2.27. The fraction of sp³-hybridized carbons (Fsp3) is 0.400. The van der Waals surface area contributed by atoms with E-state index in [1.165, 1.54) is 17.0 Å². The highest BCUT2D eigenvalue weighted by Gasteiger charge is 2.31. The Bertz CT molecular complexity index is 1250. The second-order valence-electron chi connectivity index (χ2n) is 7.74. The van der Waals surface area contributed by atoms with Gasteiger partial charge in [0.2, 0.25) is 5.91 Å². The number of nitrogens with zero attached hydrogens (tertiary/aromatic N) is 5. The molecule has 30 heavy (non-hydrogen) atoms. The third kappa shape index (κ3) is 3.74. The van der Waals surface area contributed by atoms with Gasteiger partial charge in [-0.1, -0.05) is 18.2 Å². The van der Waals surface area contributed by atoms with Crippen molar-refractivity contribution in [2.45, 2.75) is 38.9 Å². The van der Waals surface area contributed by atoms with Gasteiger partial charge < -0.3 is 4.90 Å². The number of hydrogen-bond donors (Lipinski definition) is 0. The van der Waals surface area contributed by atoms with E-state index < -0.39 is 15.5 Å². The lowest BCUT2D eigenvalue weighted by Crippen LogP contribution is -2.41. The third-order valence-electron chi connectivity index (χ3n) is 5.30. The molecule has 0 bridgehead atoms. The molecule has 1 saturated heterocycles. The Balaban J connectivity index is 1.70. The molecular weight excluding hydrogens is 406 g/mol. The van der Waals surface area contributed by atoms with Crippen LogP contribution in [0.15, 0.2) is 47.5 Å². The van der Waals surface area contributed by atoms with Crippen molar-refractivity contribution in [3.8, 4) is 0 Å². The number of amides is 1. The molecule has 0 radical (unpaired) electrons. The smallest absolute Gasteiger partial charge is 0.308 e. The number of fused-ring (bicyclic) bond motifs is 1. The summed E-state index contributed by atoms with van der Waals surface area (Å²) in [5, 5.41) is 4.32. The minimum atomic E-state index is -3.09. The second-order valence-corrected chi connectivity index (χ2v) is 9.97. The average Bonchev–Trinajstić information content (AvgIpc) is 3.27. The zero-order valence-electron chi connectivity index (χ0n) is 16.8. The quantitative estimate of drug-likeness (QED) is 0.607. The van der Waals surface area contributed by atoms with Gasteiger partial charge in [0.1, 0.15) is 12.1 Å². The number of carbonyl (C=O) groups excluding carboxylic acids is 1. The van der Waals surface area contributed by atoms with Gasteiger partial charge in [0, 0.05) is 11.7 Å². The van der Waals surface area contributed by atoms with E-state index in [4.69, 9.17) is 0 Å². The molecule has 4 rings (SSSR count). The Labute approximate surface area is 173 Å². The predicted molar refractivity (Wildman–Crippen MR) is 113 cm³/mol. The molecule has 0 aliphatic carbocycles. The van der Waals surface area contributed by atoms with Crippen LogP contribution in [0.4, 0.5) is 5.69 Å². The van der Waals surface area contributed by atoms with Crippen molar-refractivity contribution in [3.05, 3.63) is 53.2 Å². The summed E-state index contributed by atoms with van der Waals surface area (Å²) in [5.41, 5.74) is 1.20. The number of carbonyl (C=O) groups is 1. The van der Waals surface area contributed by atoms with Crippen molar-refractivity contribution in [1.82, 2.24) is 19.3 Å². The minimum Gasteiger partial charge on any atom is -0.308 e. The van der Waals surface area contributed by atoms with E-state index in [1.54, 1.807) is 9.58 Å². The zero-order valence-corrected chi connectivity index (χ0v) is 17.6. The Morgan fingerprint density at radius 1 is 1.20 bits per heavy atom. The van der Waals surface area contributed by atoms with Crippen LogP contribution in [-0.2, 0) is 21.2 Å². The molecule has 1 aliphatic heterocycles. The second kappa shape index (κ2) is 7.67. The highest BCUT2D eigenvalue weighted by molar-refractivity contribution is 7.91. The molecule has 0 N–H and O–H groups in total. The summed E-state index contributed by atoms with van der Waals surface area (Å²) in [5.74, 6) is -0.120. The number of rotatable bonds is 5. The van der Waals surface area contributed by atoms with Crippen LogP contribution in [0.5, 0.6) is 0 Å². The molecule has 2 aromatic heterocycles. The van der Waals surface area contributed by atoms with Gasteiger partial charge in [0.25, 0.3) is 0 Å². The number of aromatic nitrogens is 4. The maximum absolute atomic E-state index is 13.1. The van der Waals surface area contributed by atoms with Gasteiger partial charge in [-0.15, -0.1) is 0 Å². The minimum absolute atomic E-state index is 0.0109. The fourth-order valence-corrected chi connectivity index (χ4v) is 5.62. The molecule has 3 aromatic rings. The first-order valence-corrected chi connectivity index (χ1v) is 11.6. The summed E-state index contributed by atoms with van der Waals surface area (Å²) in [6.07, 6.45) is 3.36. The van der Waals surface area contributed by atoms with Gasteiger partial charge in [-0.2, -0.15) is 10.1 Å². The van der Waals surface area contributed by atoms with Crippen LogP contribution in [0.3, 0.4) is 0 Å². The summed E-state index contributed by atoms with van der Waals surface area (Å²) in [6, 6.07) is 8.87. The SMILES string of the molecule is CC(C)N(C(=O)Cn1c(=O)ncc2c1cnn2C1CCS(=O)(=O)C1)c1ccccc1. The molecule has 0 spiro atoms. The van der Waals surface area contributed by atoms with Crippen molar-refractivity contribution >= 4 is 32.5 Å². The van der Waals surface area contributed by atoms with E-state index in [-0.39, 0.29) is 36.0 Å². The monoisotopic (exact) mass is 429 g/mol. The van der Waals surface area contributed by atoms with Crippen molar-refractivity contribution in [2.24, 2.45) is 0 Å². The Morgan fingerprint density at radius 2 is 1.93 bits per heavy atom. The van der Waals surface area contributed by atoms with Gasteiger partial charge in [-0.3, -0.25) is 14.0 Å². The lowest BCUT2D eigenvalue weighted by molar-refractivity contribution is -0.119. The van der Waals surface area contributed by atoms with E-state index >= 15 is 0 Å². The number of hydrogen-bond acceptors (Lipinski definition) is 6. The molecule has 0 saturated carbocycles. The first-order chi connectivity index (χ1) is 14.3. The van der Waals surface area contributed by atoms with Crippen LogP contribution in [0, 0.1) is 0 Å². The van der Waals surface area contributed by atoms with Gasteiger partial charge >= 0.3 is 5.69 Å². The molecule has 1 fully saturated rings. The zero-order chi connectivity index (χ0) is 21.5. The molecule has 158 valence electrons. The van der Waals surface area contributed by atoms with E-state index in [2.05, 4.69) is 10.1 Å². The van der Waals surface area contributed by atoms with E-state index in [9.17, 15) is 18.0 Å². The summed E-state index contributed by atoms with van der Waals surface area (Å²) in [6.45, 7) is 3.63. The summed E-state index contributed by atoms with van der Waals surface area (Å²) in [4.78, 5) is 31.2. The highest BCUT2D eigenvalue weighted by Crippen LogP contribution is 2.26. The Morgan fingerprint density at radius 3 is 2.57 bits per heavy atom. The number of anilines is 1. The van der Waals surface area contributed by atoms with Crippen molar-refractivity contribution in [2.75, 3.05) is 16.4 Å². The maximum atomic E-state index is 13.1. The van der Waals surface area contributed by atoms with Gasteiger partial charge in [0.05, 0.1) is 35.5 Å². The highest BCUT2D eigenvalue weighted by atomic mass is 32.2. The van der Waals surface area contributed by atoms with Crippen LogP contribution in [-0.4, -0.2) is 51.2 Å². The third-order valence-corrected chi connectivity index (χ3v) is 7.05. The number of para-hydroxylation sites is 1. The molecule has 1 aliphatic rings. The van der Waals surface area contributed by atoms with Crippen LogP contribution in [0.2, 0.25) is 0 Å². The molecule has 1 amide bonds. The van der Waals surface area contributed by atoms with Gasteiger partial charge in [0.15, 0.2) is 9.84 Å². The fourth-order valence-electron chi connectivity index (χ4n) is 3.93. The van der Waals surface area contributed by atoms with Crippen LogP contribution >= 0.6 is 0 Å². The van der Waals surface area contributed by atoms with E-state index in [0.717, 1.165) is 5.69 Å². The van der Waals surface area contributed by atoms with Crippen molar-refractivity contribution < 1.29 is 13.2 Å². The topological polar surface area (TPSA) is 107 Å².